The Labute approximate surface area is 153 Å². The lowest BCUT2D eigenvalue weighted by Gasteiger charge is -2.14. The molecule has 3 N–H and O–H groups in total. The van der Waals surface area contributed by atoms with Gasteiger partial charge in [0.2, 0.25) is 5.91 Å². The topological polar surface area (TPSA) is 80.0 Å². The zero-order chi connectivity index (χ0) is 18.2. The SMILES string of the molecule is NC(=NCCCN1CCCC1=O)Nc1cccc(Oc2ccccc2)c1. The van der Waals surface area contributed by atoms with Gasteiger partial charge in [0.25, 0.3) is 0 Å². The molecule has 0 saturated carbocycles. The van der Waals surface area contributed by atoms with Crippen LogP contribution in [0, 0.1) is 0 Å². The van der Waals surface area contributed by atoms with Gasteiger partial charge in [0.15, 0.2) is 5.96 Å². The molecule has 0 aliphatic carbocycles. The summed E-state index contributed by atoms with van der Waals surface area (Å²) in [5, 5.41) is 3.07. The Morgan fingerprint density at radius 1 is 1.15 bits per heavy atom. The third kappa shape index (κ3) is 5.24. The lowest BCUT2D eigenvalue weighted by atomic mass is 10.3. The van der Waals surface area contributed by atoms with Crippen LogP contribution in [0.4, 0.5) is 5.69 Å². The van der Waals surface area contributed by atoms with Crippen LogP contribution in [-0.4, -0.2) is 36.4 Å². The molecule has 0 bridgehead atoms. The van der Waals surface area contributed by atoms with E-state index in [0.717, 1.165) is 43.1 Å². The van der Waals surface area contributed by atoms with E-state index in [1.807, 2.05) is 59.5 Å². The summed E-state index contributed by atoms with van der Waals surface area (Å²) in [5.74, 6) is 2.11. The Morgan fingerprint density at radius 3 is 2.73 bits per heavy atom. The Morgan fingerprint density at radius 2 is 1.96 bits per heavy atom. The molecule has 6 heteroatoms. The number of benzene rings is 2. The average molecular weight is 352 g/mol. The van der Waals surface area contributed by atoms with E-state index in [9.17, 15) is 4.79 Å². The van der Waals surface area contributed by atoms with Gasteiger partial charge in [-0.05, 0) is 37.1 Å². The molecular weight excluding hydrogens is 328 g/mol. The summed E-state index contributed by atoms with van der Waals surface area (Å²) >= 11 is 0. The lowest BCUT2D eigenvalue weighted by Crippen LogP contribution is -2.27. The monoisotopic (exact) mass is 352 g/mol. The molecule has 1 fully saturated rings. The Kier molecular flexibility index (Phi) is 6.09. The highest BCUT2D eigenvalue weighted by Crippen LogP contribution is 2.23. The predicted octanol–water partition coefficient (Wildman–Crippen LogP) is 3.22. The van der Waals surface area contributed by atoms with Crippen molar-refractivity contribution in [2.24, 2.45) is 10.7 Å². The van der Waals surface area contributed by atoms with Gasteiger partial charge >= 0.3 is 0 Å². The first-order chi connectivity index (χ1) is 12.7. The number of anilines is 1. The van der Waals surface area contributed by atoms with Crippen LogP contribution < -0.4 is 15.8 Å². The van der Waals surface area contributed by atoms with E-state index in [-0.39, 0.29) is 5.91 Å². The molecule has 0 atom stereocenters. The van der Waals surface area contributed by atoms with Crippen molar-refractivity contribution >= 4 is 17.6 Å². The Bertz CT molecular complexity index is 761. The van der Waals surface area contributed by atoms with E-state index >= 15 is 0 Å². The van der Waals surface area contributed by atoms with Crippen LogP contribution in [0.5, 0.6) is 11.5 Å². The van der Waals surface area contributed by atoms with Crippen LogP contribution in [0.15, 0.2) is 59.6 Å². The van der Waals surface area contributed by atoms with E-state index in [1.54, 1.807) is 0 Å². The van der Waals surface area contributed by atoms with Crippen molar-refractivity contribution < 1.29 is 9.53 Å². The second-order valence-electron chi connectivity index (χ2n) is 6.17. The number of nitrogens with two attached hydrogens (primary N) is 1. The maximum atomic E-state index is 11.5. The highest BCUT2D eigenvalue weighted by molar-refractivity contribution is 5.92. The third-order valence-electron chi connectivity index (χ3n) is 4.13. The molecular formula is C20H24N4O2. The second kappa shape index (κ2) is 8.89. The highest BCUT2D eigenvalue weighted by Gasteiger charge is 2.18. The van der Waals surface area contributed by atoms with E-state index in [2.05, 4.69) is 10.3 Å². The molecule has 0 unspecified atom stereocenters. The highest BCUT2D eigenvalue weighted by atomic mass is 16.5. The van der Waals surface area contributed by atoms with Gasteiger partial charge in [-0.15, -0.1) is 0 Å². The summed E-state index contributed by atoms with van der Waals surface area (Å²) in [4.78, 5) is 17.8. The van der Waals surface area contributed by atoms with Crippen molar-refractivity contribution in [3.8, 4) is 11.5 Å². The van der Waals surface area contributed by atoms with Gasteiger partial charge in [0, 0.05) is 37.8 Å². The summed E-state index contributed by atoms with van der Waals surface area (Å²) in [6.45, 7) is 2.20. The smallest absolute Gasteiger partial charge is 0.222 e. The minimum atomic E-state index is 0.246. The number of rotatable bonds is 7. The summed E-state index contributed by atoms with van der Waals surface area (Å²) in [6, 6.07) is 17.2. The molecule has 1 saturated heterocycles. The second-order valence-corrected chi connectivity index (χ2v) is 6.17. The van der Waals surface area contributed by atoms with Gasteiger partial charge in [0.1, 0.15) is 11.5 Å². The van der Waals surface area contributed by atoms with Crippen molar-refractivity contribution in [1.29, 1.82) is 0 Å². The van der Waals surface area contributed by atoms with Crippen LogP contribution in [0.25, 0.3) is 0 Å². The van der Waals surface area contributed by atoms with Gasteiger partial charge in [-0.2, -0.15) is 0 Å². The number of likely N-dealkylation sites (tertiary alicyclic amines) is 1. The number of carbonyl (C=O) groups excluding carboxylic acids is 1. The fourth-order valence-corrected chi connectivity index (χ4v) is 2.85. The van der Waals surface area contributed by atoms with Crippen molar-refractivity contribution in [3.05, 3.63) is 54.6 Å². The normalized spacial score (nSPS) is 14.5. The van der Waals surface area contributed by atoms with Gasteiger partial charge < -0.3 is 20.7 Å². The number of amides is 1. The van der Waals surface area contributed by atoms with E-state index in [1.165, 1.54) is 0 Å². The molecule has 2 aromatic rings. The first-order valence-electron chi connectivity index (χ1n) is 8.88. The number of nitrogens with one attached hydrogen (secondary N) is 1. The average Bonchev–Trinajstić information content (AvgIpc) is 3.05. The molecule has 0 spiro atoms. The summed E-state index contributed by atoms with van der Waals surface area (Å²) in [5.41, 5.74) is 6.76. The molecule has 3 rings (SSSR count). The Hall–Kier alpha value is -3.02. The standard InChI is InChI=1S/C20H24N4O2/c21-20(22-12-6-14-24-13-5-11-19(24)25)23-16-7-4-10-18(15-16)26-17-8-2-1-3-9-17/h1-4,7-10,15H,5-6,11-14H2,(H3,21,22,23). The van der Waals surface area contributed by atoms with Crippen molar-refractivity contribution in [2.75, 3.05) is 25.0 Å². The fourth-order valence-electron chi connectivity index (χ4n) is 2.85. The van der Waals surface area contributed by atoms with Gasteiger partial charge in [-0.3, -0.25) is 9.79 Å². The molecule has 1 aliphatic heterocycles. The number of carbonyl (C=O) groups is 1. The molecule has 0 aromatic heterocycles. The Balaban J connectivity index is 1.48. The van der Waals surface area contributed by atoms with Gasteiger partial charge in [-0.25, -0.2) is 0 Å². The largest absolute Gasteiger partial charge is 0.457 e. The van der Waals surface area contributed by atoms with Crippen LogP contribution >= 0.6 is 0 Å². The molecule has 0 radical (unpaired) electrons. The van der Waals surface area contributed by atoms with E-state index < -0.39 is 0 Å². The summed E-state index contributed by atoms with van der Waals surface area (Å²) in [7, 11) is 0. The fraction of sp³-hybridized carbons (Fsp3) is 0.300. The van der Waals surface area contributed by atoms with Crippen LogP contribution in [0.1, 0.15) is 19.3 Å². The number of ether oxygens (including phenoxy) is 1. The van der Waals surface area contributed by atoms with Crippen molar-refractivity contribution in [2.45, 2.75) is 19.3 Å². The number of hydrogen-bond acceptors (Lipinski definition) is 3. The number of nitrogens with zero attached hydrogens (tertiary/aromatic N) is 2. The molecule has 1 heterocycles. The first kappa shape index (κ1) is 17.8. The quantitative estimate of drug-likeness (QED) is 0.455. The zero-order valence-electron chi connectivity index (χ0n) is 14.7. The minimum absolute atomic E-state index is 0.246. The van der Waals surface area contributed by atoms with Gasteiger partial charge in [0.05, 0.1) is 0 Å². The minimum Gasteiger partial charge on any atom is -0.457 e. The van der Waals surface area contributed by atoms with E-state index in [4.69, 9.17) is 10.5 Å². The molecule has 6 nitrogen and oxygen atoms in total. The predicted molar refractivity (Wildman–Crippen MR) is 104 cm³/mol. The van der Waals surface area contributed by atoms with Crippen molar-refractivity contribution in [3.63, 3.8) is 0 Å². The molecule has 136 valence electrons. The van der Waals surface area contributed by atoms with E-state index in [0.29, 0.717) is 18.9 Å². The van der Waals surface area contributed by atoms with Crippen molar-refractivity contribution in [1.82, 2.24) is 4.90 Å². The number of hydrogen-bond donors (Lipinski definition) is 2. The maximum Gasteiger partial charge on any atom is 0.222 e. The first-order valence-corrected chi connectivity index (χ1v) is 8.88. The maximum absolute atomic E-state index is 11.5. The van der Waals surface area contributed by atoms with Gasteiger partial charge in [-0.1, -0.05) is 24.3 Å². The molecule has 1 amide bonds. The molecule has 1 aliphatic rings. The lowest BCUT2D eigenvalue weighted by molar-refractivity contribution is -0.127. The summed E-state index contributed by atoms with van der Waals surface area (Å²) in [6.07, 6.45) is 2.45. The number of aliphatic imine (C=N–C) groups is 1. The van der Waals surface area contributed by atoms with Crippen LogP contribution in [0.2, 0.25) is 0 Å². The zero-order valence-corrected chi connectivity index (χ0v) is 14.7. The van der Waals surface area contributed by atoms with Crippen LogP contribution in [0.3, 0.4) is 0 Å². The third-order valence-corrected chi connectivity index (χ3v) is 4.13. The molecule has 2 aromatic carbocycles. The number of para-hydroxylation sites is 1. The molecule has 26 heavy (non-hydrogen) atoms. The summed E-state index contributed by atoms with van der Waals surface area (Å²) < 4.78 is 5.81. The number of guanidine groups is 1. The van der Waals surface area contributed by atoms with Crippen LogP contribution in [-0.2, 0) is 4.79 Å².